The molecule has 0 amide bonds. The summed E-state index contributed by atoms with van der Waals surface area (Å²) in [6, 6.07) is 6.35. The Morgan fingerprint density at radius 3 is 2.71 bits per heavy atom. The van der Waals surface area contributed by atoms with Crippen LogP contribution >= 0.6 is 0 Å². The molecular formula is C13H10F4N2O2. The maximum atomic E-state index is 13.2. The van der Waals surface area contributed by atoms with E-state index in [1.165, 1.54) is 18.2 Å². The summed E-state index contributed by atoms with van der Waals surface area (Å²) in [6.07, 6.45) is -4.97. The third-order valence-corrected chi connectivity index (χ3v) is 3.10. The van der Waals surface area contributed by atoms with Crippen molar-refractivity contribution in [3.05, 3.63) is 35.6 Å². The maximum Gasteiger partial charge on any atom is 0.492 e. The summed E-state index contributed by atoms with van der Waals surface area (Å²) in [5.41, 5.74) is 0.350. The Labute approximate surface area is 117 Å². The molecule has 1 aromatic carbocycles. The van der Waals surface area contributed by atoms with Crippen LogP contribution in [0.2, 0.25) is 0 Å². The molecule has 1 aromatic rings. The summed E-state index contributed by atoms with van der Waals surface area (Å²) in [5, 5.41) is 9.67. The van der Waals surface area contributed by atoms with Crippen molar-refractivity contribution in [3.8, 4) is 6.07 Å². The lowest BCUT2D eigenvalue weighted by Crippen LogP contribution is -2.35. The number of carbonyl (C=O) groups excluding carboxylic acids is 1. The van der Waals surface area contributed by atoms with Crippen LogP contribution in [0.3, 0.4) is 0 Å². The average molecular weight is 302 g/mol. The Morgan fingerprint density at radius 1 is 1.43 bits per heavy atom. The van der Waals surface area contributed by atoms with E-state index >= 15 is 0 Å². The zero-order valence-corrected chi connectivity index (χ0v) is 10.6. The van der Waals surface area contributed by atoms with E-state index in [-0.39, 0.29) is 13.0 Å². The van der Waals surface area contributed by atoms with Crippen LogP contribution in [-0.2, 0) is 9.63 Å². The van der Waals surface area contributed by atoms with Gasteiger partial charge in [-0.3, -0.25) is 0 Å². The van der Waals surface area contributed by atoms with Gasteiger partial charge in [-0.15, -0.1) is 5.06 Å². The van der Waals surface area contributed by atoms with Gasteiger partial charge in [0.2, 0.25) is 0 Å². The molecule has 4 nitrogen and oxygen atoms in total. The molecule has 0 spiro atoms. The summed E-state index contributed by atoms with van der Waals surface area (Å²) in [5.74, 6) is -3.52. The summed E-state index contributed by atoms with van der Waals surface area (Å²) < 4.78 is 50.0. The largest absolute Gasteiger partial charge is 0.492 e. The number of rotatable bonds is 2. The van der Waals surface area contributed by atoms with Crippen LogP contribution in [-0.4, -0.2) is 23.8 Å². The van der Waals surface area contributed by atoms with E-state index in [1.54, 1.807) is 0 Å². The molecule has 8 heteroatoms. The minimum atomic E-state index is -5.13. The number of hydrogen-bond donors (Lipinski definition) is 0. The molecule has 21 heavy (non-hydrogen) atoms. The van der Waals surface area contributed by atoms with Crippen molar-refractivity contribution in [2.75, 3.05) is 6.54 Å². The quantitative estimate of drug-likeness (QED) is 0.788. The fraction of sp³-hybridized carbons (Fsp3) is 0.385. The monoisotopic (exact) mass is 302 g/mol. The van der Waals surface area contributed by atoms with Crippen LogP contribution in [0.1, 0.15) is 18.0 Å². The standard InChI is InChI=1S/C13H10F4N2O2/c14-10-3-1-2-9(5-10)11-4-8(6-18)7-19(11)21-12(20)13(15,16)17/h1-3,5,8,11H,4,7H2/t8-,11-/m1/s1. The number of nitrogens with zero attached hydrogens (tertiary/aromatic N) is 2. The van der Waals surface area contributed by atoms with Gasteiger partial charge in [-0.2, -0.15) is 18.4 Å². The summed E-state index contributed by atoms with van der Waals surface area (Å²) >= 11 is 0. The van der Waals surface area contributed by atoms with E-state index in [9.17, 15) is 22.4 Å². The first kappa shape index (κ1) is 15.3. The Balaban J connectivity index is 2.21. The second-order valence-corrected chi connectivity index (χ2v) is 4.61. The van der Waals surface area contributed by atoms with Gasteiger partial charge in [0.15, 0.2) is 0 Å². The Bertz CT molecular complexity index is 582. The van der Waals surface area contributed by atoms with Crippen LogP contribution < -0.4 is 0 Å². The Kier molecular flexibility index (Phi) is 4.14. The molecule has 1 fully saturated rings. The first-order valence-corrected chi connectivity index (χ1v) is 6.02. The molecule has 0 unspecified atom stereocenters. The zero-order valence-electron chi connectivity index (χ0n) is 10.6. The van der Waals surface area contributed by atoms with Crippen molar-refractivity contribution in [3.63, 3.8) is 0 Å². The lowest BCUT2D eigenvalue weighted by molar-refractivity contribution is -0.242. The van der Waals surface area contributed by atoms with Gasteiger partial charge in [-0.05, 0) is 24.1 Å². The molecular weight excluding hydrogens is 292 g/mol. The van der Waals surface area contributed by atoms with Crippen molar-refractivity contribution in [2.45, 2.75) is 18.6 Å². The fourth-order valence-corrected chi connectivity index (χ4v) is 2.17. The highest BCUT2D eigenvalue weighted by Gasteiger charge is 2.45. The second kappa shape index (κ2) is 5.69. The highest BCUT2D eigenvalue weighted by Crippen LogP contribution is 2.36. The fourth-order valence-electron chi connectivity index (χ4n) is 2.17. The number of hydroxylamine groups is 2. The van der Waals surface area contributed by atoms with Gasteiger partial charge in [-0.1, -0.05) is 12.1 Å². The molecule has 0 radical (unpaired) electrons. The van der Waals surface area contributed by atoms with E-state index in [0.29, 0.717) is 5.56 Å². The van der Waals surface area contributed by atoms with Crippen LogP contribution in [0.25, 0.3) is 0 Å². The molecule has 1 aliphatic rings. The number of alkyl halides is 3. The molecule has 0 saturated carbocycles. The first-order valence-electron chi connectivity index (χ1n) is 6.02. The second-order valence-electron chi connectivity index (χ2n) is 4.61. The molecule has 1 saturated heterocycles. The SMILES string of the molecule is N#C[C@H]1C[C@H](c2cccc(F)c2)N(OC(=O)C(F)(F)F)C1. The van der Waals surface area contributed by atoms with Gasteiger partial charge in [0, 0.05) is 0 Å². The van der Waals surface area contributed by atoms with E-state index in [0.717, 1.165) is 11.1 Å². The molecule has 2 atom stereocenters. The summed E-state index contributed by atoms with van der Waals surface area (Å²) in [6.45, 7) is -0.153. The van der Waals surface area contributed by atoms with E-state index in [2.05, 4.69) is 4.84 Å². The van der Waals surface area contributed by atoms with Crippen molar-refractivity contribution in [2.24, 2.45) is 5.92 Å². The van der Waals surface area contributed by atoms with Gasteiger partial charge in [0.05, 0.1) is 24.6 Å². The number of benzene rings is 1. The van der Waals surface area contributed by atoms with Crippen LogP contribution in [0.4, 0.5) is 17.6 Å². The van der Waals surface area contributed by atoms with Crippen LogP contribution in [0.5, 0.6) is 0 Å². The Morgan fingerprint density at radius 2 is 2.14 bits per heavy atom. The van der Waals surface area contributed by atoms with Crippen LogP contribution in [0, 0.1) is 23.1 Å². The highest BCUT2D eigenvalue weighted by atomic mass is 19.4. The minimum absolute atomic E-state index is 0.153. The van der Waals surface area contributed by atoms with Gasteiger partial charge < -0.3 is 4.84 Å². The summed E-state index contributed by atoms with van der Waals surface area (Å²) in [7, 11) is 0. The predicted molar refractivity (Wildman–Crippen MR) is 61.7 cm³/mol. The van der Waals surface area contributed by atoms with E-state index in [1.807, 2.05) is 6.07 Å². The van der Waals surface area contributed by atoms with Gasteiger partial charge in [0.1, 0.15) is 5.82 Å². The number of halogens is 4. The Hall–Kier alpha value is -2.14. The lowest BCUT2D eigenvalue weighted by atomic mass is 10.0. The van der Waals surface area contributed by atoms with Crippen molar-refractivity contribution >= 4 is 5.97 Å². The van der Waals surface area contributed by atoms with E-state index < -0.39 is 29.9 Å². The minimum Gasteiger partial charge on any atom is -0.360 e. The zero-order chi connectivity index (χ0) is 15.6. The molecule has 0 bridgehead atoms. The highest BCUT2D eigenvalue weighted by molar-refractivity contribution is 5.75. The topological polar surface area (TPSA) is 53.3 Å². The molecule has 0 aromatic heterocycles. The number of nitriles is 1. The molecule has 1 heterocycles. The lowest BCUT2D eigenvalue weighted by Gasteiger charge is -2.23. The molecule has 112 valence electrons. The third-order valence-electron chi connectivity index (χ3n) is 3.10. The van der Waals surface area contributed by atoms with Crippen molar-refractivity contribution in [1.82, 2.24) is 5.06 Å². The number of hydrogen-bond acceptors (Lipinski definition) is 4. The molecule has 0 aliphatic carbocycles. The van der Waals surface area contributed by atoms with Gasteiger partial charge in [-0.25, -0.2) is 9.18 Å². The normalized spacial score (nSPS) is 22.8. The van der Waals surface area contributed by atoms with Crippen LogP contribution in [0.15, 0.2) is 24.3 Å². The van der Waals surface area contributed by atoms with Crippen molar-refractivity contribution < 1.29 is 27.2 Å². The predicted octanol–water partition coefficient (Wildman–Crippen LogP) is 2.73. The van der Waals surface area contributed by atoms with E-state index in [4.69, 9.17) is 5.26 Å². The van der Waals surface area contributed by atoms with Gasteiger partial charge in [0.25, 0.3) is 0 Å². The molecule has 2 rings (SSSR count). The average Bonchev–Trinajstić information content (AvgIpc) is 2.81. The number of carbonyl (C=O) groups is 1. The third kappa shape index (κ3) is 3.49. The first-order chi connectivity index (χ1) is 9.81. The van der Waals surface area contributed by atoms with Crippen molar-refractivity contribution in [1.29, 1.82) is 5.26 Å². The molecule has 0 N–H and O–H groups in total. The summed E-state index contributed by atoms with van der Waals surface area (Å²) in [4.78, 5) is 15.2. The van der Waals surface area contributed by atoms with Gasteiger partial charge >= 0.3 is 12.1 Å². The molecule has 1 aliphatic heterocycles. The maximum absolute atomic E-state index is 13.2. The smallest absolute Gasteiger partial charge is 0.360 e.